The zero-order valence-electron chi connectivity index (χ0n) is 9.13. The summed E-state index contributed by atoms with van der Waals surface area (Å²) < 4.78 is 4.50. The van der Waals surface area contributed by atoms with Crippen LogP contribution in [0.2, 0.25) is 0 Å². The van der Waals surface area contributed by atoms with Gasteiger partial charge in [0.05, 0.1) is 12.0 Å². The van der Waals surface area contributed by atoms with Crippen LogP contribution in [0.15, 0.2) is 30.3 Å². The molecule has 0 aromatic heterocycles. The van der Waals surface area contributed by atoms with Gasteiger partial charge in [-0.3, -0.25) is 10.1 Å². The predicted octanol–water partition coefficient (Wildman–Crippen LogP) is 0.678. The minimum absolute atomic E-state index is 0.0428. The van der Waals surface area contributed by atoms with Gasteiger partial charge in [-0.2, -0.15) is 0 Å². The standard InChI is InChI=1S/C12H13NO3S/c14-6-12-7-16-11(15)9(12)13-10(17-12)8-4-2-1-3-5-8/h1-5,9-10,13-14H,6-7H2/t9-,10+,12+/m1/s1. The Labute approximate surface area is 103 Å². The normalized spacial score (nSPS) is 35.7. The number of ether oxygens (including phenoxy) is 1. The topological polar surface area (TPSA) is 58.6 Å². The van der Waals surface area contributed by atoms with Crippen LogP contribution >= 0.6 is 11.8 Å². The Morgan fingerprint density at radius 2 is 2.24 bits per heavy atom. The highest BCUT2D eigenvalue weighted by molar-refractivity contribution is 8.01. The van der Waals surface area contributed by atoms with Crippen LogP contribution in [0.3, 0.4) is 0 Å². The Balaban J connectivity index is 1.88. The number of nitrogens with one attached hydrogen (secondary N) is 1. The minimum atomic E-state index is -0.516. The van der Waals surface area contributed by atoms with Crippen LogP contribution < -0.4 is 5.32 Å². The first kappa shape index (κ1) is 11.1. The van der Waals surface area contributed by atoms with Crippen molar-refractivity contribution >= 4 is 17.7 Å². The molecule has 0 bridgehead atoms. The van der Waals surface area contributed by atoms with Crippen molar-refractivity contribution in [3.63, 3.8) is 0 Å². The number of rotatable bonds is 2. The molecule has 0 radical (unpaired) electrons. The summed E-state index contributed by atoms with van der Waals surface area (Å²) in [4.78, 5) is 11.6. The molecule has 2 saturated heterocycles. The van der Waals surface area contributed by atoms with Gasteiger partial charge in [-0.15, -0.1) is 11.8 Å². The van der Waals surface area contributed by atoms with Crippen LogP contribution in [0, 0.1) is 0 Å². The average molecular weight is 251 g/mol. The molecule has 5 heteroatoms. The molecule has 90 valence electrons. The summed E-state index contributed by atoms with van der Waals surface area (Å²) in [5.41, 5.74) is 1.12. The molecule has 0 saturated carbocycles. The lowest BCUT2D eigenvalue weighted by atomic mass is 10.0. The maximum Gasteiger partial charge on any atom is 0.324 e. The fourth-order valence-electron chi connectivity index (χ4n) is 2.28. The van der Waals surface area contributed by atoms with Crippen molar-refractivity contribution in [2.24, 2.45) is 0 Å². The summed E-state index contributed by atoms with van der Waals surface area (Å²) in [6.45, 7) is 0.235. The van der Waals surface area contributed by atoms with Crippen molar-refractivity contribution in [2.45, 2.75) is 16.2 Å². The summed E-state index contributed by atoms with van der Waals surface area (Å²) in [5, 5.41) is 12.8. The Morgan fingerprint density at radius 1 is 1.47 bits per heavy atom. The molecular weight excluding hydrogens is 238 g/mol. The largest absolute Gasteiger partial charge is 0.463 e. The molecule has 1 aromatic carbocycles. The second-order valence-corrected chi connectivity index (χ2v) is 5.86. The Bertz CT molecular complexity index is 439. The Morgan fingerprint density at radius 3 is 2.88 bits per heavy atom. The fraction of sp³-hybridized carbons (Fsp3) is 0.417. The maximum absolute atomic E-state index is 11.6. The van der Waals surface area contributed by atoms with Crippen molar-refractivity contribution in [1.29, 1.82) is 0 Å². The monoisotopic (exact) mass is 251 g/mol. The lowest BCUT2D eigenvalue weighted by molar-refractivity contribution is -0.139. The van der Waals surface area contributed by atoms with E-state index in [1.807, 2.05) is 30.3 Å². The molecule has 0 spiro atoms. The number of benzene rings is 1. The van der Waals surface area contributed by atoms with E-state index in [2.05, 4.69) is 5.32 Å². The number of thioether (sulfide) groups is 1. The van der Waals surface area contributed by atoms with Crippen molar-refractivity contribution < 1.29 is 14.6 Å². The molecule has 3 atom stereocenters. The molecule has 0 amide bonds. The van der Waals surface area contributed by atoms with E-state index >= 15 is 0 Å². The number of carbonyl (C=O) groups is 1. The van der Waals surface area contributed by atoms with Crippen molar-refractivity contribution in [2.75, 3.05) is 13.2 Å². The SMILES string of the molecule is O=C1OC[C@]2(CO)S[C@@H](c3ccccc3)N[C@H]12. The third kappa shape index (κ3) is 1.66. The summed E-state index contributed by atoms with van der Waals surface area (Å²) in [6.07, 6.45) is 0. The zero-order chi connectivity index (χ0) is 11.9. The Hall–Kier alpha value is -1.04. The van der Waals surface area contributed by atoms with Crippen LogP contribution in [-0.2, 0) is 9.53 Å². The molecule has 17 heavy (non-hydrogen) atoms. The van der Waals surface area contributed by atoms with Gasteiger partial charge >= 0.3 is 5.97 Å². The average Bonchev–Trinajstić information content (AvgIpc) is 2.89. The van der Waals surface area contributed by atoms with Crippen LogP contribution in [0.25, 0.3) is 0 Å². The van der Waals surface area contributed by atoms with Gasteiger partial charge in [0.1, 0.15) is 17.4 Å². The summed E-state index contributed by atoms with van der Waals surface area (Å²) in [7, 11) is 0. The van der Waals surface area contributed by atoms with E-state index in [1.165, 1.54) is 0 Å². The molecule has 2 aliphatic heterocycles. The van der Waals surface area contributed by atoms with E-state index < -0.39 is 10.8 Å². The molecule has 2 aliphatic rings. The number of hydrogen-bond acceptors (Lipinski definition) is 5. The van der Waals surface area contributed by atoms with Gasteiger partial charge in [0.2, 0.25) is 0 Å². The smallest absolute Gasteiger partial charge is 0.324 e. The van der Waals surface area contributed by atoms with E-state index in [-0.39, 0.29) is 24.6 Å². The van der Waals surface area contributed by atoms with Gasteiger partial charge in [-0.25, -0.2) is 0 Å². The number of esters is 1. The molecule has 2 fully saturated rings. The lowest BCUT2D eigenvalue weighted by Gasteiger charge is -2.20. The molecule has 0 aliphatic carbocycles. The van der Waals surface area contributed by atoms with E-state index in [1.54, 1.807) is 11.8 Å². The first-order chi connectivity index (χ1) is 8.25. The van der Waals surface area contributed by atoms with Crippen molar-refractivity contribution in [3.05, 3.63) is 35.9 Å². The zero-order valence-corrected chi connectivity index (χ0v) is 9.94. The summed E-state index contributed by atoms with van der Waals surface area (Å²) in [6, 6.07) is 9.53. The summed E-state index contributed by atoms with van der Waals surface area (Å²) in [5.74, 6) is -0.259. The number of aliphatic hydroxyl groups is 1. The molecule has 0 unspecified atom stereocenters. The van der Waals surface area contributed by atoms with Crippen LogP contribution in [0.1, 0.15) is 10.9 Å². The summed E-state index contributed by atoms with van der Waals surface area (Å²) >= 11 is 1.58. The van der Waals surface area contributed by atoms with E-state index in [0.29, 0.717) is 0 Å². The van der Waals surface area contributed by atoms with Gasteiger partial charge < -0.3 is 9.84 Å². The number of fused-ring (bicyclic) bond motifs is 1. The fourth-order valence-corrected chi connectivity index (χ4v) is 3.75. The number of aliphatic hydroxyl groups excluding tert-OH is 1. The second-order valence-electron chi connectivity index (χ2n) is 4.34. The van der Waals surface area contributed by atoms with E-state index in [4.69, 9.17) is 4.74 Å². The van der Waals surface area contributed by atoms with Gasteiger partial charge in [-0.05, 0) is 5.56 Å². The van der Waals surface area contributed by atoms with Crippen LogP contribution in [0.5, 0.6) is 0 Å². The maximum atomic E-state index is 11.6. The highest BCUT2D eigenvalue weighted by Gasteiger charge is 2.57. The van der Waals surface area contributed by atoms with Gasteiger partial charge in [0.15, 0.2) is 0 Å². The van der Waals surface area contributed by atoms with Crippen molar-refractivity contribution in [1.82, 2.24) is 5.32 Å². The second kappa shape index (κ2) is 4.01. The predicted molar refractivity (Wildman–Crippen MR) is 64.5 cm³/mol. The highest BCUT2D eigenvalue weighted by atomic mass is 32.2. The van der Waals surface area contributed by atoms with Gasteiger partial charge in [0, 0.05) is 0 Å². The number of hydrogen-bond donors (Lipinski definition) is 2. The Kier molecular flexibility index (Phi) is 2.61. The van der Waals surface area contributed by atoms with Gasteiger partial charge in [-0.1, -0.05) is 30.3 Å². The molecule has 1 aromatic rings. The first-order valence-corrected chi connectivity index (χ1v) is 6.39. The highest BCUT2D eigenvalue weighted by Crippen LogP contribution is 2.48. The van der Waals surface area contributed by atoms with Crippen LogP contribution in [0.4, 0.5) is 0 Å². The van der Waals surface area contributed by atoms with Gasteiger partial charge in [0.25, 0.3) is 0 Å². The lowest BCUT2D eigenvalue weighted by Crippen LogP contribution is -2.44. The third-order valence-electron chi connectivity index (χ3n) is 3.26. The van der Waals surface area contributed by atoms with E-state index in [0.717, 1.165) is 5.56 Å². The third-order valence-corrected chi connectivity index (χ3v) is 4.86. The molecular formula is C12H13NO3S. The molecule has 2 N–H and O–H groups in total. The quantitative estimate of drug-likeness (QED) is 0.757. The van der Waals surface area contributed by atoms with Crippen molar-refractivity contribution in [3.8, 4) is 0 Å². The number of carbonyl (C=O) groups excluding carboxylic acids is 1. The minimum Gasteiger partial charge on any atom is -0.463 e. The molecule has 2 heterocycles. The first-order valence-electron chi connectivity index (χ1n) is 5.51. The van der Waals surface area contributed by atoms with E-state index in [9.17, 15) is 9.90 Å². The number of cyclic esters (lactones) is 1. The molecule has 3 rings (SSSR count). The van der Waals surface area contributed by atoms with Crippen LogP contribution in [-0.4, -0.2) is 35.1 Å². The molecule has 4 nitrogen and oxygen atoms in total.